The maximum absolute atomic E-state index is 12.7. The van der Waals surface area contributed by atoms with E-state index in [1.165, 1.54) is 6.39 Å². The molecule has 1 aromatic carbocycles. The van der Waals surface area contributed by atoms with Crippen molar-refractivity contribution in [1.29, 1.82) is 0 Å². The molecule has 2 aromatic heterocycles. The van der Waals surface area contributed by atoms with Gasteiger partial charge in [0, 0.05) is 42.9 Å². The molecule has 0 saturated carbocycles. The molecule has 1 atom stereocenters. The van der Waals surface area contributed by atoms with Gasteiger partial charge in [0.2, 0.25) is 5.95 Å². The lowest BCUT2D eigenvalue weighted by Crippen LogP contribution is -2.40. The lowest BCUT2D eigenvalue weighted by atomic mass is 10.1. The highest BCUT2D eigenvalue weighted by molar-refractivity contribution is 5.70. The summed E-state index contributed by atoms with van der Waals surface area (Å²) >= 11 is 0. The third-order valence-corrected chi connectivity index (χ3v) is 6.09. The first-order valence-corrected chi connectivity index (χ1v) is 12.3. The third-order valence-electron chi connectivity index (χ3n) is 6.09. The third kappa shape index (κ3) is 5.76. The van der Waals surface area contributed by atoms with Crippen LogP contribution in [0.4, 0.5) is 22.2 Å². The zero-order chi connectivity index (χ0) is 25.1. The minimum Gasteiger partial charge on any atom is -0.444 e. The van der Waals surface area contributed by atoms with Gasteiger partial charge in [0.15, 0.2) is 12.2 Å². The summed E-state index contributed by atoms with van der Waals surface area (Å²) in [4.78, 5) is 28.0. The van der Waals surface area contributed by atoms with Gasteiger partial charge in [0.1, 0.15) is 11.4 Å². The van der Waals surface area contributed by atoms with Crippen molar-refractivity contribution in [3.8, 4) is 11.3 Å². The molecular weight excluding hydrogens is 460 g/mol. The Hall–Kier alpha value is -3.66. The smallest absolute Gasteiger partial charge is 0.410 e. The standard InChI is InChI=1S/C26H32N6O4/c1-26(2,3)36-25(33)32-11-10-21-20(15-32)23(28-13-19-5-4-12-34-19)31-24(30-21)29-18-8-6-17(7-9-18)22-14-27-16-35-22/h6-9,14,16,19H,4-5,10-13,15H2,1-3H3,(H2,28,29,30,31). The summed E-state index contributed by atoms with van der Waals surface area (Å²) in [6.45, 7) is 7.99. The second-order valence-corrected chi connectivity index (χ2v) is 10.1. The second kappa shape index (κ2) is 10.1. The van der Waals surface area contributed by atoms with Crippen molar-refractivity contribution in [2.24, 2.45) is 0 Å². The molecule has 10 nitrogen and oxygen atoms in total. The van der Waals surface area contributed by atoms with Crippen molar-refractivity contribution in [3.05, 3.63) is 48.1 Å². The van der Waals surface area contributed by atoms with Gasteiger partial charge < -0.3 is 29.4 Å². The number of oxazole rings is 1. The molecule has 0 radical (unpaired) electrons. The molecular formula is C26H32N6O4. The second-order valence-electron chi connectivity index (χ2n) is 10.1. The first-order chi connectivity index (χ1) is 17.3. The fourth-order valence-corrected chi connectivity index (χ4v) is 4.32. The average Bonchev–Trinajstić information content (AvgIpc) is 3.56. The van der Waals surface area contributed by atoms with Crippen molar-refractivity contribution >= 4 is 23.5 Å². The molecule has 36 heavy (non-hydrogen) atoms. The number of anilines is 3. The van der Waals surface area contributed by atoms with Gasteiger partial charge in [-0.1, -0.05) is 0 Å². The summed E-state index contributed by atoms with van der Waals surface area (Å²) < 4.78 is 16.7. The number of nitrogens with one attached hydrogen (secondary N) is 2. The molecule has 1 unspecified atom stereocenters. The van der Waals surface area contributed by atoms with E-state index < -0.39 is 5.60 Å². The van der Waals surface area contributed by atoms with Gasteiger partial charge in [-0.05, 0) is 57.9 Å². The molecule has 1 amide bonds. The Balaban J connectivity index is 1.36. The number of ether oxygens (including phenoxy) is 2. The molecule has 4 heterocycles. The van der Waals surface area contributed by atoms with Crippen LogP contribution >= 0.6 is 0 Å². The highest BCUT2D eigenvalue weighted by Gasteiger charge is 2.29. The summed E-state index contributed by atoms with van der Waals surface area (Å²) in [5, 5.41) is 6.78. The van der Waals surface area contributed by atoms with Gasteiger partial charge >= 0.3 is 6.09 Å². The van der Waals surface area contributed by atoms with Crippen molar-refractivity contribution in [2.45, 2.75) is 58.3 Å². The zero-order valence-corrected chi connectivity index (χ0v) is 20.9. The minimum absolute atomic E-state index is 0.154. The van der Waals surface area contributed by atoms with E-state index in [2.05, 4.69) is 15.6 Å². The van der Waals surface area contributed by atoms with Crippen LogP contribution < -0.4 is 10.6 Å². The predicted molar refractivity (Wildman–Crippen MR) is 135 cm³/mol. The molecule has 190 valence electrons. The molecule has 2 aliphatic heterocycles. The largest absolute Gasteiger partial charge is 0.444 e. The number of rotatable bonds is 6. The number of aromatic nitrogens is 3. The topological polar surface area (TPSA) is 115 Å². The van der Waals surface area contributed by atoms with E-state index in [1.54, 1.807) is 11.1 Å². The Morgan fingerprint density at radius 3 is 2.75 bits per heavy atom. The zero-order valence-electron chi connectivity index (χ0n) is 20.9. The van der Waals surface area contributed by atoms with Gasteiger partial charge in [-0.15, -0.1) is 0 Å². The number of benzene rings is 1. The monoisotopic (exact) mass is 492 g/mol. The summed E-state index contributed by atoms with van der Waals surface area (Å²) in [5.41, 5.74) is 3.07. The van der Waals surface area contributed by atoms with Crippen LogP contribution in [0.1, 0.15) is 44.9 Å². The van der Waals surface area contributed by atoms with Crippen LogP contribution in [0.15, 0.2) is 41.3 Å². The summed E-state index contributed by atoms with van der Waals surface area (Å²) in [7, 11) is 0. The Kier molecular flexibility index (Phi) is 6.77. The molecule has 1 fully saturated rings. The number of amides is 1. The Morgan fingerprint density at radius 1 is 1.22 bits per heavy atom. The number of hydrogen-bond acceptors (Lipinski definition) is 9. The molecule has 2 N–H and O–H groups in total. The lowest BCUT2D eigenvalue weighted by molar-refractivity contribution is 0.0223. The fourth-order valence-electron chi connectivity index (χ4n) is 4.32. The van der Waals surface area contributed by atoms with E-state index in [4.69, 9.17) is 23.9 Å². The number of carbonyl (C=O) groups excluding carboxylic acids is 1. The number of fused-ring (bicyclic) bond motifs is 1. The number of nitrogens with zero attached hydrogens (tertiary/aromatic N) is 4. The summed E-state index contributed by atoms with van der Waals surface area (Å²) in [6, 6.07) is 7.81. The lowest BCUT2D eigenvalue weighted by Gasteiger charge is -2.31. The van der Waals surface area contributed by atoms with Crippen molar-refractivity contribution in [3.63, 3.8) is 0 Å². The van der Waals surface area contributed by atoms with E-state index in [9.17, 15) is 4.79 Å². The Labute approximate surface area is 210 Å². The van der Waals surface area contributed by atoms with Crippen LogP contribution in [0.25, 0.3) is 11.3 Å². The van der Waals surface area contributed by atoms with Crippen LogP contribution in [0.5, 0.6) is 0 Å². The molecule has 0 aliphatic carbocycles. The highest BCUT2D eigenvalue weighted by Crippen LogP contribution is 2.29. The average molecular weight is 493 g/mol. The van der Waals surface area contributed by atoms with Crippen molar-refractivity contribution < 1.29 is 18.7 Å². The van der Waals surface area contributed by atoms with E-state index in [1.807, 2.05) is 45.0 Å². The van der Waals surface area contributed by atoms with E-state index in [0.717, 1.165) is 42.0 Å². The first-order valence-electron chi connectivity index (χ1n) is 12.3. The quantitative estimate of drug-likeness (QED) is 0.502. The number of hydrogen-bond donors (Lipinski definition) is 2. The Bertz CT molecular complexity index is 1180. The minimum atomic E-state index is -0.550. The van der Waals surface area contributed by atoms with E-state index in [-0.39, 0.29) is 12.2 Å². The predicted octanol–water partition coefficient (Wildman–Crippen LogP) is 4.76. The van der Waals surface area contributed by atoms with Gasteiger partial charge in [-0.3, -0.25) is 0 Å². The summed E-state index contributed by atoms with van der Waals surface area (Å²) in [5.74, 6) is 1.92. The maximum atomic E-state index is 12.7. The molecule has 5 rings (SSSR count). The van der Waals surface area contributed by atoms with Crippen LogP contribution in [-0.4, -0.2) is 57.3 Å². The maximum Gasteiger partial charge on any atom is 0.410 e. The Morgan fingerprint density at radius 2 is 2.06 bits per heavy atom. The van der Waals surface area contributed by atoms with Crippen LogP contribution in [-0.2, 0) is 22.4 Å². The normalized spacial score (nSPS) is 17.5. The van der Waals surface area contributed by atoms with Crippen molar-refractivity contribution in [1.82, 2.24) is 19.9 Å². The van der Waals surface area contributed by atoms with E-state index in [0.29, 0.717) is 43.6 Å². The highest BCUT2D eigenvalue weighted by atomic mass is 16.6. The van der Waals surface area contributed by atoms with Crippen LogP contribution in [0, 0.1) is 0 Å². The number of carbonyl (C=O) groups is 1. The van der Waals surface area contributed by atoms with Crippen LogP contribution in [0.2, 0.25) is 0 Å². The molecule has 2 aliphatic rings. The molecule has 10 heteroatoms. The molecule has 0 spiro atoms. The first kappa shape index (κ1) is 24.1. The van der Waals surface area contributed by atoms with Gasteiger partial charge in [0.05, 0.1) is 24.5 Å². The van der Waals surface area contributed by atoms with Crippen molar-refractivity contribution in [2.75, 3.05) is 30.3 Å². The van der Waals surface area contributed by atoms with E-state index >= 15 is 0 Å². The fraction of sp³-hybridized carbons (Fsp3) is 0.462. The molecule has 1 saturated heterocycles. The molecule has 3 aromatic rings. The van der Waals surface area contributed by atoms with Crippen LogP contribution in [0.3, 0.4) is 0 Å². The van der Waals surface area contributed by atoms with Gasteiger partial charge in [0.25, 0.3) is 0 Å². The SMILES string of the molecule is CC(C)(C)OC(=O)N1CCc2nc(Nc3ccc(-c4cnco4)cc3)nc(NCC3CCCO3)c2C1. The van der Waals surface area contributed by atoms with Gasteiger partial charge in [-0.2, -0.15) is 4.98 Å². The summed E-state index contributed by atoms with van der Waals surface area (Å²) in [6.07, 6.45) is 5.63. The van der Waals surface area contributed by atoms with Gasteiger partial charge in [-0.25, -0.2) is 14.8 Å². The molecule has 0 bridgehead atoms.